The predicted octanol–water partition coefficient (Wildman–Crippen LogP) is 0.308. The van der Waals surface area contributed by atoms with Crippen LogP contribution in [0.3, 0.4) is 0 Å². The summed E-state index contributed by atoms with van der Waals surface area (Å²) < 4.78 is 0. The minimum atomic E-state index is -0.422. The van der Waals surface area contributed by atoms with Crippen LogP contribution in [0.4, 0.5) is 0 Å². The number of hydrogen-bond donors (Lipinski definition) is 3. The monoisotopic (exact) mass is 307 g/mol. The molecule has 1 rings (SSSR count). The van der Waals surface area contributed by atoms with Gasteiger partial charge >= 0.3 is 0 Å². The highest BCUT2D eigenvalue weighted by molar-refractivity contribution is 6.44. The summed E-state index contributed by atoms with van der Waals surface area (Å²) in [5, 5.41) is 18.0. The number of aromatic nitrogens is 1. The molecule has 1 amide bonds. The summed E-state index contributed by atoms with van der Waals surface area (Å²) >= 11 is 0. The molecule has 0 fully saturated rings. The lowest BCUT2D eigenvalue weighted by molar-refractivity contribution is -0.114. The van der Waals surface area contributed by atoms with E-state index in [9.17, 15) is 4.79 Å². The first-order chi connectivity index (χ1) is 10.6. The molecule has 0 bridgehead atoms. The Balaban J connectivity index is 2.18. The van der Waals surface area contributed by atoms with Crippen LogP contribution in [0.25, 0.3) is 0 Å². The Morgan fingerprint density at radius 3 is 2.68 bits per heavy atom. The number of rotatable bonds is 10. The quantitative estimate of drug-likeness (QED) is 0.250. The second-order valence-electron chi connectivity index (χ2n) is 5.18. The van der Waals surface area contributed by atoms with E-state index in [1.54, 1.807) is 24.4 Å². The van der Waals surface area contributed by atoms with Crippen molar-refractivity contribution in [1.82, 2.24) is 20.5 Å². The predicted molar refractivity (Wildman–Crippen MR) is 86.2 cm³/mol. The third-order valence-corrected chi connectivity index (χ3v) is 3.00. The lowest BCUT2D eigenvalue weighted by atomic mass is 10.2. The number of carbonyl (C=O) groups excluding carboxylic acids is 1. The van der Waals surface area contributed by atoms with Crippen molar-refractivity contribution in [3.8, 4) is 0 Å². The average Bonchev–Trinajstić information content (AvgIpc) is 2.51. The van der Waals surface area contributed by atoms with Crippen LogP contribution in [-0.2, 0) is 4.79 Å². The van der Waals surface area contributed by atoms with E-state index >= 15 is 0 Å². The summed E-state index contributed by atoms with van der Waals surface area (Å²) in [5.41, 5.74) is 0.281. The number of carbonyl (C=O) groups is 1. The maximum atomic E-state index is 11.9. The summed E-state index contributed by atoms with van der Waals surface area (Å²) in [4.78, 5) is 18.1. The molecule has 0 unspecified atom stereocenters. The topological polar surface area (TPSA) is 89.8 Å². The minimum Gasteiger partial charge on any atom is -0.410 e. The molecule has 1 aromatic heterocycles. The van der Waals surface area contributed by atoms with Crippen LogP contribution < -0.4 is 10.6 Å². The second-order valence-corrected chi connectivity index (χ2v) is 5.18. The molecular weight excluding hydrogens is 282 g/mol. The Hall–Kier alpha value is -1.99. The first-order valence-corrected chi connectivity index (χ1v) is 7.42. The zero-order valence-corrected chi connectivity index (χ0v) is 13.2. The molecule has 122 valence electrons. The Morgan fingerprint density at radius 2 is 2.05 bits per heavy atom. The van der Waals surface area contributed by atoms with Crippen LogP contribution >= 0.6 is 0 Å². The van der Waals surface area contributed by atoms with Crippen molar-refractivity contribution in [1.29, 1.82) is 0 Å². The normalized spacial score (nSPS) is 11.7. The minimum absolute atomic E-state index is 0.0699. The van der Waals surface area contributed by atoms with Gasteiger partial charge in [0.2, 0.25) is 0 Å². The van der Waals surface area contributed by atoms with Gasteiger partial charge in [0, 0.05) is 12.7 Å². The van der Waals surface area contributed by atoms with E-state index in [1.165, 1.54) is 0 Å². The van der Waals surface area contributed by atoms with Crippen LogP contribution in [0.5, 0.6) is 0 Å². The fourth-order valence-electron chi connectivity index (χ4n) is 1.86. The van der Waals surface area contributed by atoms with Gasteiger partial charge in [0.25, 0.3) is 5.91 Å². The van der Waals surface area contributed by atoms with Gasteiger partial charge in [-0.25, -0.2) is 0 Å². The molecule has 7 heteroatoms. The van der Waals surface area contributed by atoms with Crippen molar-refractivity contribution in [2.24, 2.45) is 5.16 Å². The molecule has 0 saturated heterocycles. The fraction of sp³-hybridized carbons (Fsp3) is 0.533. The summed E-state index contributed by atoms with van der Waals surface area (Å²) in [7, 11) is 4.11. The Bertz CT molecular complexity index is 462. The third-order valence-electron chi connectivity index (χ3n) is 3.00. The van der Waals surface area contributed by atoms with E-state index in [2.05, 4.69) is 39.8 Å². The van der Waals surface area contributed by atoms with Gasteiger partial charge in [0.15, 0.2) is 5.71 Å². The molecule has 3 N–H and O–H groups in total. The van der Waals surface area contributed by atoms with E-state index < -0.39 is 5.91 Å². The highest BCUT2D eigenvalue weighted by Gasteiger charge is 2.14. The molecule has 0 aromatic carbocycles. The fourth-order valence-corrected chi connectivity index (χ4v) is 1.86. The molecule has 1 aromatic rings. The number of nitrogens with zero attached hydrogens (tertiary/aromatic N) is 3. The van der Waals surface area contributed by atoms with Crippen molar-refractivity contribution in [2.75, 3.05) is 40.3 Å². The molecular formula is C15H25N5O2. The van der Waals surface area contributed by atoms with Crippen LogP contribution in [-0.4, -0.2) is 67.0 Å². The Morgan fingerprint density at radius 1 is 1.27 bits per heavy atom. The number of oxime groups is 1. The van der Waals surface area contributed by atoms with E-state index in [4.69, 9.17) is 5.21 Å². The highest BCUT2D eigenvalue weighted by atomic mass is 16.4. The zero-order valence-electron chi connectivity index (χ0n) is 13.2. The van der Waals surface area contributed by atoms with Crippen LogP contribution in [0.15, 0.2) is 29.6 Å². The van der Waals surface area contributed by atoms with Crippen molar-refractivity contribution >= 4 is 11.6 Å². The lowest BCUT2D eigenvalue weighted by Crippen LogP contribution is -2.34. The maximum absolute atomic E-state index is 11.9. The number of hydrogen-bond acceptors (Lipinski definition) is 6. The molecule has 0 saturated carbocycles. The average molecular weight is 307 g/mol. The lowest BCUT2D eigenvalue weighted by Gasteiger charge is -2.10. The van der Waals surface area contributed by atoms with E-state index in [0.29, 0.717) is 12.2 Å². The maximum Gasteiger partial charge on any atom is 0.275 e. The largest absolute Gasteiger partial charge is 0.410 e. The van der Waals surface area contributed by atoms with Gasteiger partial charge in [0.05, 0.1) is 5.69 Å². The van der Waals surface area contributed by atoms with Crippen LogP contribution in [0, 0.1) is 0 Å². The van der Waals surface area contributed by atoms with Gasteiger partial charge in [-0.15, -0.1) is 0 Å². The Labute approximate surface area is 131 Å². The van der Waals surface area contributed by atoms with Gasteiger partial charge in [-0.3, -0.25) is 9.78 Å². The zero-order chi connectivity index (χ0) is 16.2. The summed E-state index contributed by atoms with van der Waals surface area (Å²) in [5.74, 6) is -0.422. The molecule has 0 radical (unpaired) electrons. The summed E-state index contributed by atoms with van der Waals surface area (Å²) in [6.45, 7) is 3.38. The molecule has 7 nitrogen and oxygen atoms in total. The SMILES string of the molecule is CN(C)CCCNCCCNC(=O)C(=NO)c1ccccn1. The highest BCUT2D eigenvalue weighted by Crippen LogP contribution is 1.97. The van der Waals surface area contributed by atoms with Gasteiger partial charge in [-0.1, -0.05) is 11.2 Å². The first kappa shape index (κ1) is 18.1. The molecule has 1 heterocycles. The Kier molecular flexibility index (Phi) is 8.78. The van der Waals surface area contributed by atoms with Gasteiger partial charge < -0.3 is 20.7 Å². The van der Waals surface area contributed by atoms with Gasteiger partial charge in [0.1, 0.15) is 0 Å². The van der Waals surface area contributed by atoms with Crippen molar-refractivity contribution in [2.45, 2.75) is 12.8 Å². The molecule has 0 aliphatic heterocycles. The molecule has 22 heavy (non-hydrogen) atoms. The van der Waals surface area contributed by atoms with Gasteiger partial charge in [-0.2, -0.15) is 0 Å². The number of pyridine rings is 1. The standard InChI is InChI=1S/C15H25N5O2/c1-20(2)12-6-9-16-8-5-11-18-15(21)14(19-22)13-7-3-4-10-17-13/h3-4,7,10,16,22H,5-6,8-9,11-12H2,1-2H3,(H,18,21). The third kappa shape index (κ3) is 7.14. The van der Waals surface area contributed by atoms with E-state index in [1.807, 2.05) is 0 Å². The summed E-state index contributed by atoms with van der Waals surface area (Å²) in [6.07, 6.45) is 3.46. The van der Waals surface area contributed by atoms with E-state index in [0.717, 1.165) is 32.5 Å². The number of amides is 1. The molecule has 0 aliphatic carbocycles. The number of nitrogens with one attached hydrogen (secondary N) is 2. The molecule has 0 aliphatic rings. The van der Waals surface area contributed by atoms with Crippen molar-refractivity contribution in [3.63, 3.8) is 0 Å². The second kappa shape index (κ2) is 10.7. The summed E-state index contributed by atoms with van der Waals surface area (Å²) in [6, 6.07) is 5.09. The first-order valence-electron chi connectivity index (χ1n) is 7.42. The van der Waals surface area contributed by atoms with Crippen molar-refractivity contribution in [3.05, 3.63) is 30.1 Å². The van der Waals surface area contributed by atoms with Crippen molar-refractivity contribution < 1.29 is 10.0 Å². The smallest absolute Gasteiger partial charge is 0.275 e. The molecule has 0 atom stereocenters. The van der Waals surface area contributed by atoms with Gasteiger partial charge in [-0.05, 0) is 58.7 Å². The van der Waals surface area contributed by atoms with E-state index in [-0.39, 0.29) is 5.71 Å². The molecule has 0 spiro atoms. The van der Waals surface area contributed by atoms with Crippen LogP contribution in [0.2, 0.25) is 0 Å². The van der Waals surface area contributed by atoms with Crippen LogP contribution in [0.1, 0.15) is 18.5 Å².